The highest BCUT2D eigenvalue weighted by molar-refractivity contribution is 8.00. The highest BCUT2D eigenvalue weighted by Gasteiger charge is 2.54. The van der Waals surface area contributed by atoms with E-state index in [1.807, 2.05) is 45.9 Å². The first-order chi connectivity index (χ1) is 17.9. The van der Waals surface area contributed by atoms with Crippen LogP contribution in [0.25, 0.3) is 5.52 Å². The number of β-lactam (4-membered cyclic amide) rings is 1. The van der Waals surface area contributed by atoms with Gasteiger partial charge in [-0.25, -0.2) is 9.78 Å². The van der Waals surface area contributed by atoms with Gasteiger partial charge < -0.3 is 25.4 Å². The van der Waals surface area contributed by atoms with Crippen molar-refractivity contribution in [1.29, 1.82) is 0 Å². The Hall–Kier alpha value is -4.35. The maximum Gasteiger partial charge on any atom is 0.352 e. The van der Waals surface area contributed by atoms with Crippen molar-refractivity contribution in [3.05, 3.63) is 59.3 Å². The van der Waals surface area contributed by atoms with Crippen LogP contribution in [0, 0.1) is 12.0 Å². The lowest BCUT2D eigenvalue weighted by molar-refractivity contribution is -0.688. The van der Waals surface area contributed by atoms with Crippen LogP contribution in [0.5, 0.6) is 0 Å². The molecule has 0 radical (unpaired) electrons. The fourth-order valence-corrected chi connectivity index (χ4v) is 5.95. The number of oxime groups is 1. The second-order valence-electron chi connectivity index (χ2n) is 8.01. The normalized spacial score (nSPS) is 19.1. The van der Waals surface area contributed by atoms with E-state index in [1.54, 1.807) is 0 Å². The largest absolute Gasteiger partial charge is 0.477 e. The molecule has 2 aliphatic rings. The van der Waals surface area contributed by atoms with Gasteiger partial charge in [0.1, 0.15) is 34.4 Å². The maximum absolute atomic E-state index is 13.1. The molecule has 0 saturated carbocycles. The third-order valence-corrected chi connectivity index (χ3v) is 7.72. The molecule has 1 fully saturated rings. The number of amides is 2. The van der Waals surface area contributed by atoms with E-state index in [-0.39, 0.29) is 22.2 Å². The van der Waals surface area contributed by atoms with E-state index in [9.17, 15) is 19.5 Å². The first-order valence-electron chi connectivity index (χ1n) is 10.9. The van der Waals surface area contributed by atoms with Crippen LogP contribution in [-0.4, -0.2) is 60.1 Å². The molecular weight excluding hydrogens is 518 g/mol. The maximum atomic E-state index is 13.1. The number of carbonyl (C=O) groups excluding carboxylic acids is 2. The third kappa shape index (κ3) is 4.61. The van der Waals surface area contributed by atoms with Crippen LogP contribution in [0.3, 0.4) is 0 Å². The monoisotopic (exact) mass is 538 g/mol. The highest BCUT2D eigenvalue weighted by Crippen LogP contribution is 2.40. The van der Waals surface area contributed by atoms with Crippen LogP contribution in [-0.2, 0) is 25.8 Å². The first-order valence-corrected chi connectivity index (χ1v) is 12.8. The van der Waals surface area contributed by atoms with Crippen molar-refractivity contribution in [3.63, 3.8) is 0 Å². The number of carbonyl (C=O) groups is 3. The molecule has 5 rings (SSSR count). The summed E-state index contributed by atoms with van der Waals surface area (Å²) in [4.78, 5) is 48.4. The fraction of sp³-hybridized carbons (Fsp3) is 0.217. The number of hydrogen-bond acceptors (Lipinski definition) is 9. The van der Waals surface area contributed by atoms with Crippen molar-refractivity contribution in [2.45, 2.75) is 24.9 Å². The molecule has 0 aromatic carbocycles. The molecule has 37 heavy (non-hydrogen) atoms. The number of nitrogens with one attached hydrogen (secondary N) is 1. The number of fused-ring (bicyclic) bond motifs is 2. The van der Waals surface area contributed by atoms with E-state index in [1.165, 1.54) is 29.0 Å². The van der Waals surface area contributed by atoms with Crippen molar-refractivity contribution >= 4 is 57.2 Å². The summed E-state index contributed by atoms with van der Waals surface area (Å²) in [5, 5.41) is 17.5. The molecule has 0 bridgehead atoms. The van der Waals surface area contributed by atoms with E-state index < -0.39 is 29.2 Å². The number of nitrogen functional groups attached to an aromatic ring is 1. The minimum Gasteiger partial charge on any atom is -0.477 e. The molecule has 14 heteroatoms. The van der Waals surface area contributed by atoms with Crippen molar-refractivity contribution in [2.24, 2.45) is 5.16 Å². The number of nitrogens with zero attached hydrogens (tertiary/aromatic N) is 5. The van der Waals surface area contributed by atoms with Crippen LogP contribution in [0.4, 0.5) is 5.13 Å². The van der Waals surface area contributed by atoms with Crippen molar-refractivity contribution in [1.82, 2.24) is 19.6 Å². The van der Waals surface area contributed by atoms with Gasteiger partial charge in [0.05, 0.1) is 6.20 Å². The van der Waals surface area contributed by atoms with Gasteiger partial charge in [-0.15, -0.1) is 23.1 Å². The summed E-state index contributed by atoms with van der Waals surface area (Å²) in [6.07, 6.45) is 9.81. The van der Waals surface area contributed by atoms with Gasteiger partial charge in [-0.2, -0.15) is 4.57 Å². The summed E-state index contributed by atoms with van der Waals surface area (Å²) in [7, 11) is 0. The molecule has 0 spiro atoms. The summed E-state index contributed by atoms with van der Waals surface area (Å²) in [6, 6.07) is 2.91. The van der Waals surface area contributed by atoms with Crippen LogP contribution in [0.1, 0.15) is 12.6 Å². The van der Waals surface area contributed by atoms with Gasteiger partial charge in [-0.3, -0.25) is 14.5 Å². The molecule has 2 atom stereocenters. The average Bonchev–Trinajstić information content (AvgIpc) is 3.53. The van der Waals surface area contributed by atoms with Crippen LogP contribution < -0.4 is 15.6 Å². The number of hydrogen-bond donors (Lipinski definition) is 3. The number of aromatic nitrogens is 3. The number of nitrogens with two attached hydrogens (primary N) is 1. The van der Waals surface area contributed by atoms with E-state index >= 15 is 0 Å². The summed E-state index contributed by atoms with van der Waals surface area (Å²) in [6.45, 7) is 1.85. The van der Waals surface area contributed by atoms with Crippen molar-refractivity contribution < 1.29 is 28.9 Å². The van der Waals surface area contributed by atoms with Crippen molar-refractivity contribution in [2.75, 3.05) is 11.5 Å². The minimum atomic E-state index is -1.20. The highest BCUT2D eigenvalue weighted by atomic mass is 32.2. The Balaban J connectivity index is 1.36. The Kier molecular flexibility index (Phi) is 6.55. The zero-order valence-electron chi connectivity index (χ0n) is 19.3. The Morgan fingerprint density at radius 3 is 3.00 bits per heavy atom. The molecule has 5 heterocycles. The van der Waals surface area contributed by atoms with Gasteiger partial charge in [0.2, 0.25) is 0 Å². The number of anilines is 1. The number of carboxylic acid groups (broad SMARTS) is 1. The molecule has 2 amide bonds. The molecule has 188 valence electrons. The van der Waals surface area contributed by atoms with Gasteiger partial charge in [0, 0.05) is 29.8 Å². The van der Waals surface area contributed by atoms with Gasteiger partial charge >= 0.3 is 5.97 Å². The summed E-state index contributed by atoms with van der Waals surface area (Å²) in [5.74, 6) is 0.418. The Labute approximate surface area is 218 Å². The lowest BCUT2D eigenvalue weighted by Gasteiger charge is -2.49. The zero-order valence-corrected chi connectivity index (χ0v) is 21.0. The molecule has 12 nitrogen and oxygen atoms in total. The molecule has 0 unspecified atom stereocenters. The Bertz CT molecular complexity index is 1550. The number of carboxylic acids is 1. The summed E-state index contributed by atoms with van der Waals surface area (Å²) >= 11 is 2.49. The Morgan fingerprint density at radius 2 is 2.27 bits per heavy atom. The summed E-state index contributed by atoms with van der Waals surface area (Å²) < 4.78 is 3.82. The fourth-order valence-electron chi connectivity index (χ4n) is 4.07. The number of rotatable bonds is 7. The first kappa shape index (κ1) is 24.3. The SMILES string of the molecule is CC#CON=C(C(=O)N[C@@H]1C(=O)N2C(C(=O)O)=C(C[n+]3ccn4cccc4c3)CS[C@@H]12)c1csc(N)n1. The standard InChI is InChI=1S/C23H19N7O5S2/c1-2-8-35-27-16(15-12-37-23(24)25-15)19(31)26-17-20(32)30-18(22(33)34)13(11-36-21(17)30)9-28-6-7-29-5-3-4-14(29)10-28/h3-7,10,12,17,21H,9,11H2,1H3,(H3-,24,25,26,31,33,34)/p+1/t17-,21+/m1/s1. The predicted octanol–water partition coefficient (Wildman–Crippen LogP) is 0.406. The van der Waals surface area contributed by atoms with Crippen LogP contribution >= 0.6 is 23.1 Å². The van der Waals surface area contributed by atoms with Gasteiger partial charge in [0.25, 0.3) is 11.8 Å². The smallest absolute Gasteiger partial charge is 0.352 e. The third-order valence-electron chi connectivity index (χ3n) is 5.70. The van der Waals surface area contributed by atoms with E-state index in [0.29, 0.717) is 17.9 Å². The second-order valence-corrected chi connectivity index (χ2v) is 10.0. The lowest BCUT2D eigenvalue weighted by atomic mass is 10.0. The molecular formula is C23H20N7O5S2+. The van der Waals surface area contributed by atoms with Gasteiger partial charge in [-0.1, -0.05) is 11.1 Å². The topological polar surface area (TPSA) is 156 Å². The molecule has 3 aromatic heterocycles. The zero-order chi connectivity index (χ0) is 26.1. The second kappa shape index (κ2) is 9.96. The molecule has 1 saturated heterocycles. The lowest BCUT2D eigenvalue weighted by Crippen LogP contribution is -2.71. The number of aliphatic carboxylic acids is 1. The molecule has 0 aliphatic carbocycles. The predicted molar refractivity (Wildman–Crippen MR) is 135 cm³/mol. The van der Waals surface area contributed by atoms with Gasteiger partial charge in [-0.05, 0) is 12.1 Å². The number of thiazole rings is 1. The quantitative estimate of drug-likeness (QED) is 0.128. The van der Waals surface area contributed by atoms with Gasteiger partial charge in [0.15, 0.2) is 29.8 Å². The molecule has 3 aromatic rings. The average molecular weight is 539 g/mol. The molecule has 2 aliphatic heterocycles. The molecule has 4 N–H and O–H groups in total. The Morgan fingerprint density at radius 1 is 1.43 bits per heavy atom. The van der Waals surface area contributed by atoms with Crippen LogP contribution in [0.15, 0.2) is 58.7 Å². The number of thioether (sulfide) groups is 1. The van der Waals surface area contributed by atoms with E-state index in [4.69, 9.17) is 10.6 Å². The van der Waals surface area contributed by atoms with Crippen LogP contribution in [0.2, 0.25) is 0 Å². The van der Waals surface area contributed by atoms with E-state index in [2.05, 4.69) is 27.5 Å². The minimum absolute atomic E-state index is 0.0651. The summed E-state index contributed by atoms with van der Waals surface area (Å²) in [5.41, 5.74) is 7.14. The van der Waals surface area contributed by atoms with E-state index in [0.717, 1.165) is 16.9 Å². The van der Waals surface area contributed by atoms with Crippen molar-refractivity contribution in [3.8, 4) is 12.0 Å².